The van der Waals surface area contributed by atoms with Crippen molar-refractivity contribution in [2.45, 2.75) is 12.5 Å². The molecule has 6 heteroatoms. The van der Waals surface area contributed by atoms with Crippen LogP contribution in [0.4, 0.5) is 0 Å². The van der Waals surface area contributed by atoms with Crippen LogP contribution in [-0.2, 0) is 4.74 Å². The molecule has 1 aromatic rings. The van der Waals surface area contributed by atoms with Crippen molar-refractivity contribution in [3.8, 4) is 0 Å². The Morgan fingerprint density at radius 2 is 2.11 bits per heavy atom. The molecule has 1 unspecified atom stereocenters. The summed E-state index contributed by atoms with van der Waals surface area (Å²) in [5.74, 6) is 0.0522. The average Bonchev–Trinajstić information content (AvgIpc) is 3.08. The van der Waals surface area contributed by atoms with E-state index < -0.39 is 0 Å². The van der Waals surface area contributed by atoms with E-state index in [0.29, 0.717) is 16.3 Å². The summed E-state index contributed by atoms with van der Waals surface area (Å²) >= 11 is 3.26. The Bertz CT molecular complexity index is 456. The number of hydrogen-bond acceptors (Lipinski definition) is 4. The van der Waals surface area contributed by atoms with Crippen LogP contribution in [0, 0.1) is 0 Å². The molecule has 1 amide bonds. The number of likely N-dealkylation sites (tertiary alicyclic amines) is 1. The topological polar surface area (TPSA) is 45.9 Å². The summed E-state index contributed by atoms with van der Waals surface area (Å²) in [5, 5.41) is 0. The van der Waals surface area contributed by atoms with Crippen molar-refractivity contribution in [1.29, 1.82) is 0 Å². The fourth-order valence-corrected chi connectivity index (χ4v) is 3.19. The molecule has 0 aliphatic carbocycles. The summed E-state index contributed by atoms with van der Waals surface area (Å²) in [7, 11) is 0. The van der Waals surface area contributed by atoms with Crippen LogP contribution in [-0.4, -0.2) is 61.1 Å². The maximum absolute atomic E-state index is 12.3. The molecule has 2 aliphatic heterocycles. The second-order valence-corrected chi connectivity index (χ2v) is 5.67. The molecule has 2 saturated heterocycles. The van der Waals surface area contributed by atoms with Gasteiger partial charge < -0.3 is 14.1 Å². The number of carbonyl (C=O) groups is 1. The Kier molecular flexibility index (Phi) is 3.91. The number of hydrogen-bond donors (Lipinski definition) is 0. The molecular weight excluding hydrogens is 312 g/mol. The highest BCUT2D eigenvalue weighted by atomic mass is 79.9. The van der Waals surface area contributed by atoms with Gasteiger partial charge >= 0.3 is 0 Å². The number of carbonyl (C=O) groups excluding carboxylic acids is 1. The molecule has 0 radical (unpaired) electrons. The van der Waals surface area contributed by atoms with E-state index in [2.05, 4.69) is 20.8 Å². The van der Waals surface area contributed by atoms with Crippen LogP contribution in [0.15, 0.2) is 21.4 Å². The maximum Gasteiger partial charge on any atom is 0.258 e. The van der Waals surface area contributed by atoms with Gasteiger partial charge in [0.15, 0.2) is 4.67 Å². The van der Waals surface area contributed by atoms with E-state index in [1.54, 1.807) is 6.07 Å². The molecule has 19 heavy (non-hydrogen) atoms. The number of furan rings is 1. The normalized spacial score (nSPS) is 24.9. The van der Waals surface area contributed by atoms with E-state index >= 15 is 0 Å². The maximum atomic E-state index is 12.3. The quantitative estimate of drug-likeness (QED) is 0.827. The van der Waals surface area contributed by atoms with Gasteiger partial charge in [-0.2, -0.15) is 0 Å². The highest BCUT2D eigenvalue weighted by Gasteiger charge is 2.32. The lowest BCUT2D eigenvalue weighted by Gasteiger charge is -2.32. The molecule has 1 aromatic heterocycles. The van der Waals surface area contributed by atoms with Crippen molar-refractivity contribution in [2.75, 3.05) is 39.4 Å². The molecule has 2 fully saturated rings. The summed E-state index contributed by atoms with van der Waals surface area (Å²) in [4.78, 5) is 16.7. The molecule has 0 N–H and O–H groups in total. The largest absolute Gasteiger partial charge is 0.457 e. The van der Waals surface area contributed by atoms with Gasteiger partial charge in [-0.05, 0) is 28.4 Å². The zero-order valence-corrected chi connectivity index (χ0v) is 12.3. The number of halogens is 1. The van der Waals surface area contributed by atoms with Crippen molar-refractivity contribution in [3.05, 3.63) is 22.6 Å². The van der Waals surface area contributed by atoms with Crippen LogP contribution in [0.3, 0.4) is 0 Å². The lowest BCUT2D eigenvalue weighted by atomic mass is 10.2. The highest BCUT2D eigenvalue weighted by molar-refractivity contribution is 9.10. The van der Waals surface area contributed by atoms with Gasteiger partial charge in [0.25, 0.3) is 5.91 Å². The summed E-state index contributed by atoms with van der Waals surface area (Å²) in [6.45, 7) is 5.18. The van der Waals surface area contributed by atoms with Crippen LogP contribution in [0.5, 0.6) is 0 Å². The van der Waals surface area contributed by atoms with Crippen LogP contribution in [0.2, 0.25) is 0 Å². The molecule has 1 atom stereocenters. The number of nitrogens with zero attached hydrogens (tertiary/aromatic N) is 2. The number of rotatable bonds is 2. The molecule has 2 aliphatic rings. The van der Waals surface area contributed by atoms with E-state index in [1.165, 1.54) is 6.26 Å². The first-order chi connectivity index (χ1) is 9.25. The Morgan fingerprint density at radius 3 is 2.79 bits per heavy atom. The lowest BCUT2D eigenvalue weighted by Crippen LogP contribution is -2.45. The number of ether oxygens (including phenoxy) is 1. The van der Waals surface area contributed by atoms with E-state index in [0.717, 1.165) is 45.8 Å². The van der Waals surface area contributed by atoms with E-state index in [4.69, 9.17) is 9.15 Å². The molecule has 3 heterocycles. The average molecular weight is 329 g/mol. The predicted molar refractivity (Wildman–Crippen MR) is 73.1 cm³/mol. The van der Waals surface area contributed by atoms with Crippen LogP contribution >= 0.6 is 15.9 Å². The highest BCUT2D eigenvalue weighted by Crippen LogP contribution is 2.23. The molecule has 0 bridgehead atoms. The Balaban J connectivity index is 1.62. The second-order valence-electron chi connectivity index (χ2n) is 4.95. The van der Waals surface area contributed by atoms with Gasteiger partial charge in [0.2, 0.25) is 0 Å². The van der Waals surface area contributed by atoms with Crippen molar-refractivity contribution in [2.24, 2.45) is 0 Å². The summed E-state index contributed by atoms with van der Waals surface area (Å²) in [5.41, 5.74) is 0.614. The monoisotopic (exact) mass is 328 g/mol. The van der Waals surface area contributed by atoms with Gasteiger partial charge in [-0.3, -0.25) is 9.69 Å². The summed E-state index contributed by atoms with van der Waals surface area (Å²) in [6, 6.07) is 2.19. The van der Waals surface area contributed by atoms with Crippen LogP contribution < -0.4 is 0 Å². The molecule has 104 valence electrons. The summed E-state index contributed by atoms with van der Waals surface area (Å²) < 4.78 is 11.0. The van der Waals surface area contributed by atoms with E-state index in [1.807, 2.05) is 4.90 Å². The summed E-state index contributed by atoms with van der Waals surface area (Å²) in [6.07, 6.45) is 2.58. The predicted octanol–water partition coefficient (Wildman–Crippen LogP) is 1.59. The Hall–Kier alpha value is -0.850. The molecule has 0 aromatic carbocycles. The smallest absolute Gasteiger partial charge is 0.258 e. The van der Waals surface area contributed by atoms with Crippen molar-refractivity contribution in [3.63, 3.8) is 0 Å². The first kappa shape index (κ1) is 13.1. The van der Waals surface area contributed by atoms with Gasteiger partial charge in [-0.25, -0.2) is 0 Å². The molecule has 5 nitrogen and oxygen atoms in total. The molecular formula is C13H17BrN2O3. The molecule has 0 spiro atoms. The first-order valence-corrected chi connectivity index (χ1v) is 7.39. The Labute approximate surface area is 120 Å². The minimum Gasteiger partial charge on any atom is -0.457 e. The number of amides is 1. The molecule has 3 rings (SSSR count). The minimum absolute atomic E-state index is 0.0522. The van der Waals surface area contributed by atoms with Crippen molar-refractivity contribution < 1.29 is 13.9 Å². The van der Waals surface area contributed by atoms with E-state index in [-0.39, 0.29) is 5.91 Å². The first-order valence-electron chi connectivity index (χ1n) is 6.60. The van der Waals surface area contributed by atoms with Gasteiger partial charge in [-0.1, -0.05) is 0 Å². The second kappa shape index (κ2) is 5.64. The minimum atomic E-state index is 0.0522. The fraction of sp³-hybridized carbons (Fsp3) is 0.615. The Morgan fingerprint density at radius 1 is 1.32 bits per heavy atom. The van der Waals surface area contributed by atoms with E-state index in [9.17, 15) is 4.79 Å². The van der Waals surface area contributed by atoms with Gasteiger partial charge in [0.05, 0.1) is 25.0 Å². The zero-order chi connectivity index (χ0) is 13.2. The molecule has 0 saturated carbocycles. The zero-order valence-electron chi connectivity index (χ0n) is 10.7. The van der Waals surface area contributed by atoms with Crippen LogP contribution in [0.1, 0.15) is 16.8 Å². The lowest BCUT2D eigenvalue weighted by molar-refractivity contribution is 0.0185. The van der Waals surface area contributed by atoms with Crippen LogP contribution in [0.25, 0.3) is 0 Å². The third-order valence-corrected chi connectivity index (χ3v) is 4.48. The number of morpholine rings is 1. The fourth-order valence-electron chi connectivity index (χ4n) is 2.78. The van der Waals surface area contributed by atoms with Gasteiger partial charge in [0, 0.05) is 32.2 Å². The van der Waals surface area contributed by atoms with Crippen molar-refractivity contribution in [1.82, 2.24) is 9.80 Å². The third-order valence-electron chi connectivity index (χ3n) is 3.86. The van der Waals surface area contributed by atoms with Crippen molar-refractivity contribution >= 4 is 21.8 Å². The van der Waals surface area contributed by atoms with Gasteiger partial charge in [-0.15, -0.1) is 0 Å². The van der Waals surface area contributed by atoms with Gasteiger partial charge in [0.1, 0.15) is 0 Å². The standard InChI is InChI=1S/C13H17BrN2O3/c14-12-11(2-6-19-12)13(17)16-3-1-10(9-16)15-4-7-18-8-5-15/h2,6,10H,1,3-5,7-9H2. The SMILES string of the molecule is O=C(c1ccoc1Br)N1CCC(N2CCOCC2)C1. The third kappa shape index (κ3) is 2.70.